The summed E-state index contributed by atoms with van der Waals surface area (Å²) in [5.41, 5.74) is 0.506. The highest BCUT2D eigenvalue weighted by molar-refractivity contribution is 7.57. The van der Waals surface area contributed by atoms with Crippen LogP contribution in [-0.4, -0.2) is 140 Å². The Morgan fingerprint density at radius 1 is 0.943 bits per heavy atom. The number of ether oxygens (including phenoxy) is 5. The normalized spacial score (nSPS) is 43.0. The number of allylic oxidation sites excluding steroid dienone is 6. The van der Waals surface area contributed by atoms with Crippen molar-refractivity contribution in [1.29, 1.82) is 0 Å². The van der Waals surface area contributed by atoms with Crippen LogP contribution in [0.4, 0.5) is 0 Å². The molecule has 0 spiro atoms. The average Bonchev–Trinajstić information content (AvgIpc) is 3.33. The smallest absolute Gasteiger partial charge is 0.329 e. The Kier molecular flexibility index (Phi) is 18.7. The molecule has 16 atom stereocenters. The number of Topliss-reactive ketones (excluding diaryl/α,β-unsaturated/α-hetero) is 3. The van der Waals surface area contributed by atoms with Gasteiger partial charge in [-0.15, -0.1) is 0 Å². The second-order valence-corrected chi connectivity index (χ2v) is 23.1. The number of methoxy groups -OCH3 is 3. The van der Waals surface area contributed by atoms with E-state index < -0.39 is 153 Å². The number of fused-ring (bicyclic) bond motifs is 3. The zero-order chi connectivity index (χ0) is 58.4. The molecule has 2 saturated heterocycles. The van der Waals surface area contributed by atoms with Crippen LogP contribution >= 0.6 is 7.37 Å². The molecule has 3 heterocycles. The van der Waals surface area contributed by atoms with E-state index in [0.29, 0.717) is 44.1 Å². The Bertz CT molecular complexity index is 2280. The summed E-state index contributed by atoms with van der Waals surface area (Å²) in [4.78, 5) is 73.1. The molecule has 70 heavy (non-hydrogen) atoms. The van der Waals surface area contributed by atoms with Gasteiger partial charge < -0.3 is 43.3 Å². The van der Waals surface area contributed by atoms with E-state index in [9.17, 15) is 41.5 Å². The first-order chi connectivity index (χ1) is 35.4. The average molecular weight is 1010 g/mol. The van der Waals surface area contributed by atoms with Gasteiger partial charge in [-0.25, -0.2) is 4.79 Å². The Hall–Kier alpha value is -3.14. The number of nitrogens with zero attached hydrogens (tertiary/aromatic N) is 1. The third-order valence-electron chi connectivity index (χ3n) is 14.7. The Morgan fingerprint density at radius 3 is 2.31 bits per heavy atom. The van der Waals surface area contributed by atoms with Gasteiger partial charge in [0, 0.05) is 77.2 Å². The number of rotatable bonds is 8. The maximum Gasteiger partial charge on any atom is 0.329 e. The summed E-state index contributed by atoms with van der Waals surface area (Å²) in [7, 11) is -3.05. The fraction of sp³-hybridized carbons (Fsp3) is 0.759. The van der Waals surface area contributed by atoms with Crippen molar-refractivity contribution in [1.82, 2.24) is 4.90 Å². The van der Waals surface area contributed by atoms with Crippen LogP contribution in [0, 0.1) is 41.4 Å². The quantitative estimate of drug-likeness (QED) is 0.103. The number of piperidine rings is 1. The summed E-state index contributed by atoms with van der Waals surface area (Å²) in [5.74, 6) is -15.7. The second-order valence-electron chi connectivity index (χ2n) is 20.4. The lowest BCUT2D eigenvalue weighted by molar-refractivity contribution is -0.265. The van der Waals surface area contributed by atoms with Crippen molar-refractivity contribution in [2.45, 2.75) is 181 Å². The number of amides is 1. The standard InChI is InChI=1S/C54H86NO14P/c1-32-19-15-14-16-20-33(2)45(64-9)30-41-24-22-37(6)54(62,68-41)51(59)52(60)55-26-18-17-21-42(55)53(61)67-46(35(4)28-40-23-25-44(47(29-40)65-10)69-70(12,13)63)31-43(56)34(3)27-36(5)48(57)50(66-11)49(58)39(8)38(32)7/h14-16,19-20,27,32,34-35,37-42,44-48,50,57,62H,17-18,21-26,28-31H2,1-13H3/b16-14?,19-15+,33-20?,36-27+/t32-,34-,35-,37-,38?,39-,40+,41+,42+,44-,45+,46+,47-,48-,50-,54-/m1/s1/i9D3,22D2,32D,38D. The van der Waals surface area contributed by atoms with Crippen molar-refractivity contribution in [2.75, 3.05) is 41.1 Å². The van der Waals surface area contributed by atoms with Gasteiger partial charge in [0.2, 0.25) is 5.79 Å². The van der Waals surface area contributed by atoms with Crippen LogP contribution in [0.2, 0.25) is 0 Å². The molecular formula is C54H86NO14P. The Labute approximate surface area is 427 Å². The fourth-order valence-corrected chi connectivity index (χ4v) is 10.9. The van der Waals surface area contributed by atoms with E-state index in [1.807, 2.05) is 6.92 Å². The van der Waals surface area contributed by atoms with Gasteiger partial charge in [0.1, 0.15) is 30.1 Å². The molecule has 0 aromatic rings. The van der Waals surface area contributed by atoms with Crippen molar-refractivity contribution in [3.05, 3.63) is 47.6 Å². The first-order valence-electron chi connectivity index (χ1n) is 28.3. The molecule has 16 heteroatoms. The maximum atomic E-state index is 14.6. The van der Waals surface area contributed by atoms with Gasteiger partial charge in [0.15, 0.2) is 13.2 Å². The predicted molar refractivity (Wildman–Crippen MR) is 268 cm³/mol. The van der Waals surface area contributed by atoms with Crippen molar-refractivity contribution >= 4 is 36.6 Å². The number of cyclic esters (lactones) is 1. The van der Waals surface area contributed by atoms with Crippen molar-refractivity contribution < 1.29 is 76.6 Å². The number of aliphatic hydroxyl groups is 2. The number of aliphatic hydroxyl groups excluding tert-OH is 1. The van der Waals surface area contributed by atoms with E-state index in [4.69, 9.17) is 35.1 Å². The summed E-state index contributed by atoms with van der Waals surface area (Å²) in [5, 5.41) is 23.8. The van der Waals surface area contributed by atoms with Gasteiger partial charge in [-0.2, -0.15) is 0 Å². The third-order valence-corrected chi connectivity index (χ3v) is 15.5. The SMILES string of the molecule is [2H]C([2H])([2H])O[C@H]1C[C@@H]2CC([2H])([2H])[C@@H](C)[C@@](O)(O2)C(=O)C(=O)N2CCCC[C@H]2C(=O)O[C@H]([C@H](C)C[C@@H]2CC[C@@H](OP(C)(C)=O)[C@H](OC)C2)CC(=O)[C@H](C)/C=C(\C)[C@@H](O)[C@@H](OC)C(=O)[C@H](C)C([2H])(C)[C@]([2H])(C)/C=C/C=CC=C1C. The summed E-state index contributed by atoms with van der Waals surface area (Å²) >= 11 is 0. The van der Waals surface area contributed by atoms with Gasteiger partial charge in [0.25, 0.3) is 11.7 Å². The summed E-state index contributed by atoms with van der Waals surface area (Å²) < 4.78 is 108. The topological polar surface area (TPSA) is 201 Å². The van der Waals surface area contributed by atoms with Crippen LogP contribution < -0.4 is 0 Å². The van der Waals surface area contributed by atoms with Gasteiger partial charge >= 0.3 is 5.97 Å². The molecule has 1 aliphatic carbocycles. The number of ketones is 3. The highest BCUT2D eigenvalue weighted by atomic mass is 31.2. The molecule has 0 radical (unpaired) electrons. The van der Waals surface area contributed by atoms with Crippen LogP contribution in [0.15, 0.2) is 47.6 Å². The van der Waals surface area contributed by atoms with E-state index in [2.05, 4.69) is 0 Å². The van der Waals surface area contributed by atoms with E-state index in [1.165, 1.54) is 91.5 Å². The largest absolute Gasteiger partial charge is 0.460 e. The molecule has 15 nitrogen and oxygen atoms in total. The fourth-order valence-electron chi connectivity index (χ4n) is 9.97. The van der Waals surface area contributed by atoms with Crippen LogP contribution in [-0.2, 0) is 56.7 Å². The Balaban J connectivity index is 1.82. The van der Waals surface area contributed by atoms with Crippen molar-refractivity contribution in [3.8, 4) is 0 Å². The van der Waals surface area contributed by atoms with E-state index in [-0.39, 0.29) is 30.9 Å². The number of carbonyl (C=O) groups is 5. The lowest BCUT2D eigenvalue weighted by Gasteiger charge is -2.42. The van der Waals surface area contributed by atoms with Crippen LogP contribution in [0.3, 0.4) is 0 Å². The molecule has 0 aromatic carbocycles. The van der Waals surface area contributed by atoms with Gasteiger partial charge in [-0.3, -0.25) is 23.7 Å². The first kappa shape index (κ1) is 49.1. The summed E-state index contributed by atoms with van der Waals surface area (Å²) in [6.45, 7) is 15.0. The molecule has 3 aliphatic heterocycles. The third kappa shape index (κ3) is 15.7. The maximum absolute atomic E-state index is 14.6. The molecule has 0 aromatic heterocycles. The molecule has 396 valence electrons. The second kappa shape index (κ2) is 26.7. The van der Waals surface area contributed by atoms with Gasteiger partial charge in [-0.05, 0) is 106 Å². The monoisotopic (exact) mass is 1010 g/mol. The highest BCUT2D eigenvalue weighted by Crippen LogP contribution is 2.45. The van der Waals surface area contributed by atoms with Crippen LogP contribution in [0.1, 0.15) is 136 Å². The zero-order valence-corrected chi connectivity index (χ0v) is 44.3. The minimum absolute atomic E-state index is 0.0119. The van der Waals surface area contributed by atoms with Crippen LogP contribution in [0.25, 0.3) is 0 Å². The predicted octanol–water partition coefficient (Wildman–Crippen LogP) is 7.99. The molecule has 1 amide bonds. The van der Waals surface area contributed by atoms with E-state index in [1.54, 1.807) is 21.0 Å². The lowest BCUT2D eigenvalue weighted by Crippen LogP contribution is -2.61. The number of carbonyl (C=O) groups excluding carboxylic acids is 5. The lowest BCUT2D eigenvalue weighted by atomic mass is 9.78. The van der Waals surface area contributed by atoms with E-state index >= 15 is 0 Å². The zero-order valence-electron chi connectivity index (χ0n) is 50.4. The van der Waals surface area contributed by atoms with Crippen LogP contribution in [0.5, 0.6) is 0 Å². The molecule has 1 unspecified atom stereocenters. The summed E-state index contributed by atoms with van der Waals surface area (Å²) in [6, 6.07) is -1.37. The number of hydrogen-bond acceptors (Lipinski definition) is 14. The molecule has 4 aliphatic rings. The van der Waals surface area contributed by atoms with Gasteiger partial charge in [0.05, 0.1) is 28.5 Å². The molecule has 4 rings (SSSR count). The number of hydrogen-bond donors (Lipinski definition) is 2. The minimum Gasteiger partial charge on any atom is -0.460 e. The van der Waals surface area contributed by atoms with E-state index in [0.717, 1.165) is 4.90 Å². The van der Waals surface area contributed by atoms with Gasteiger partial charge in [-0.1, -0.05) is 78.0 Å². The Morgan fingerprint density at radius 2 is 1.66 bits per heavy atom. The molecule has 1 saturated carbocycles. The molecule has 3 fully saturated rings. The molecule has 2 N–H and O–H groups in total. The van der Waals surface area contributed by atoms with Crippen molar-refractivity contribution in [2.24, 2.45) is 41.4 Å². The minimum atomic E-state index is -3.08. The molecule has 2 bridgehead atoms. The van der Waals surface area contributed by atoms with Crippen molar-refractivity contribution in [3.63, 3.8) is 0 Å². The molecular weight excluding hydrogens is 918 g/mol. The number of esters is 1. The first-order valence-corrected chi connectivity index (χ1v) is 27.3. The summed E-state index contributed by atoms with van der Waals surface area (Å²) in [6.07, 6.45) is 0.673. The highest BCUT2D eigenvalue weighted by Gasteiger charge is 2.53.